The van der Waals surface area contributed by atoms with E-state index >= 15 is 0 Å². The molecule has 1 aliphatic heterocycles. The number of carbonyl (C=O) groups is 1. The Bertz CT molecular complexity index is 803. The summed E-state index contributed by atoms with van der Waals surface area (Å²) in [5, 5.41) is 0. The Morgan fingerprint density at radius 3 is 1.89 bits per heavy atom. The largest absolute Gasteiger partial charge is 0.444 e. The summed E-state index contributed by atoms with van der Waals surface area (Å²) in [6, 6.07) is 11.7. The minimum absolute atomic E-state index is 0.127. The smallest absolute Gasteiger partial charge is 0.410 e. The molecule has 1 saturated heterocycles. The van der Waals surface area contributed by atoms with Gasteiger partial charge in [0.2, 0.25) is 0 Å². The number of likely N-dealkylation sites (tertiary alicyclic amines) is 1. The highest BCUT2D eigenvalue weighted by Crippen LogP contribution is 2.43. The molecule has 0 saturated carbocycles. The number of benzene rings is 1. The van der Waals surface area contributed by atoms with Gasteiger partial charge in [-0.2, -0.15) is 5.48 Å². The second-order valence-electron chi connectivity index (χ2n) is 14.5. The van der Waals surface area contributed by atoms with Crippen molar-refractivity contribution < 1.29 is 14.4 Å². The molecule has 35 heavy (non-hydrogen) atoms. The summed E-state index contributed by atoms with van der Waals surface area (Å²) in [6.07, 6.45) is -0.198. The van der Waals surface area contributed by atoms with E-state index in [2.05, 4.69) is 76.5 Å². The topological polar surface area (TPSA) is 50.8 Å². The number of hydroxylamine groups is 1. The van der Waals surface area contributed by atoms with Crippen LogP contribution in [0.4, 0.5) is 4.79 Å². The summed E-state index contributed by atoms with van der Waals surface area (Å²) in [4.78, 5) is 21.1. The second kappa shape index (κ2) is 10.9. The summed E-state index contributed by atoms with van der Waals surface area (Å²) >= 11 is 0. The number of nitrogens with zero attached hydrogens (tertiary/aromatic N) is 1. The van der Waals surface area contributed by atoms with Crippen LogP contribution in [0.2, 0.25) is 65.0 Å². The van der Waals surface area contributed by atoms with Crippen molar-refractivity contribution in [3.63, 3.8) is 0 Å². The first-order valence-corrected chi connectivity index (χ1v) is 28.9. The molecule has 1 aromatic carbocycles. The Morgan fingerprint density at radius 2 is 1.43 bits per heavy atom. The Balaban J connectivity index is 2.35. The third-order valence-electron chi connectivity index (χ3n) is 7.82. The van der Waals surface area contributed by atoms with Crippen LogP contribution in [0.15, 0.2) is 30.3 Å². The van der Waals surface area contributed by atoms with Crippen molar-refractivity contribution in [2.75, 3.05) is 13.1 Å². The monoisotopic (exact) mass is 552 g/mol. The normalized spacial score (nSPS) is 20.3. The molecule has 0 bridgehead atoms. The van der Waals surface area contributed by atoms with Crippen LogP contribution in [-0.2, 0) is 16.2 Å². The van der Waals surface area contributed by atoms with Gasteiger partial charge >= 0.3 is 6.09 Å². The highest BCUT2D eigenvalue weighted by Gasteiger charge is 2.62. The summed E-state index contributed by atoms with van der Waals surface area (Å²) in [5.41, 5.74) is 4.08. The maximum absolute atomic E-state index is 13.1. The fourth-order valence-electron chi connectivity index (χ4n) is 7.18. The van der Waals surface area contributed by atoms with Crippen LogP contribution in [0.3, 0.4) is 0 Å². The van der Waals surface area contributed by atoms with Crippen LogP contribution >= 0.6 is 0 Å². The van der Waals surface area contributed by atoms with Gasteiger partial charge in [0.1, 0.15) is 5.60 Å². The minimum atomic E-state index is -1.58. The average Bonchev–Trinajstić information content (AvgIpc) is 3.05. The maximum atomic E-state index is 13.1. The van der Waals surface area contributed by atoms with E-state index in [0.717, 1.165) is 12.1 Å². The molecule has 0 aromatic heterocycles. The number of carbonyl (C=O) groups excluding carboxylic acids is 1. The molecule has 9 heteroatoms. The predicted octanol–water partition coefficient (Wildman–Crippen LogP) is 6.64. The second-order valence-corrected chi connectivity index (χ2v) is 55.9. The summed E-state index contributed by atoms with van der Waals surface area (Å²) in [5.74, 6) is 0.398. The molecule has 1 heterocycles. The van der Waals surface area contributed by atoms with Gasteiger partial charge < -0.3 is 9.64 Å². The predicted molar refractivity (Wildman–Crippen MR) is 160 cm³/mol. The van der Waals surface area contributed by atoms with E-state index in [4.69, 9.17) is 9.57 Å². The zero-order valence-electron chi connectivity index (χ0n) is 24.5. The molecule has 200 valence electrons. The van der Waals surface area contributed by atoms with Gasteiger partial charge in [0.05, 0.1) is 12.6 Å². The van der Waals surface area contributed by atoms with E-state index in [0.29, 0.717) is 19.1 Å². The molecule has 2 unspecified atom stereocenters. The average molecular weight is 553 g/mol. The standard InChI is InChI=1S/C26H52N2O3Si4/c1-26(2,3)31-25(29)28-18-23(24(19-28)27-30-20-22-16-14-13-15-17-22)21-35(32(4,5)6,33(7,8)9)34(10,11)12/h13-17,23-24,27H,18-21H2,1-12H3. The minimum Gasteiger partial charge on any atom is -0.444 e. The number of hydrogen-bond donors (Lipinski definition) is 1. The van der Waals surface area contributed by atoms with E-state index in [1.165, 1.54) is 6.04 Å². The van der Waals surface area contributed by atoms with Crippen molar-refractivity contribution >= 4 is 35.5 Å². The molecule has 1 N–H and O–H groups in total. The number of hydrogen-bond acceptors (Lipinski definition) is 4. The third kappa shape index (κ3) is 7.41. The molecular formula is C26H52N2O3Si4. The first kappa shape index (κ1) is 30.5. The lowest BCUT2D eigenvalue weighted by molar-refractivity contribution is -0.00297. The zero-order valence-corrected chi connectivity index (χ0v) is 28.5. The van der Waals surface area contributed by atoms with Crippen molar-refractivity contribution in [3.8, 4) is 0 Å². The quantitative estimate of drug-likeness (QED) is 0.275. The van der Waals surface area contributed by atoms with Crippen molar-refractivity contribution in [2.45, 2.75) is 104 Å². The van der Waals surface area contributed by atoms with Crippen molar-refractivity contribution in [1.82, 2.24) is 10.4 Å². The molecule has 0 radical (unpaired) electrons. The summed E-state index contributed by atoms with van der Waals surface area (Å²) in [6.45, 7) is 30.0. The van der Waals surface area contributed by atoms with Crippen molar-refractivity contribution in [3.05, 3.63) is 35.9 Å². The molecule has 5 nitrogen and oxygen atoms in total. The van der Waals surface area contributed by atoms with E-state index in [1.54, 1.807) is 0 Å². The van der Waals surface area contributed by atoms with Gasteiger partial charge in [-0.1, -0.05) is 95.3 Å². The lowest BCUT2D eigenvalue weighted by Crippen LogP contribution is -2.83. The van der Waals surface area contributed by atoms with Crippen LogP contribution in [0.1, 0.15) is 26.3 Å². The van der Waals surface area contributed by atoms with Crippen LogP contribution in [0.25, 0.3) is 0 Å². The van der Waals surface area contributed by atoms with Crippen LogP contribution in [0.5, 0.6) is 0 Å². The number of rotatable bonds is 9. The Morgan fingerprint density at radius 1 is 0.914 bits per heavy atom. The molecule has 2 rings (SSSR count). The Kier molecular flexibility index (Phi) is 9.54. The first-order valence-electron chi connectivity index (χ1n) is 13.2. The van der Waals surface area contributed by atoms with E-state index in [1.807, 2.05) is 43.9 Å². The molecule has 0 spiro atoms. The third-order valence-corrected chi connectivity index (χ3v) is 82.0. The van der Waals surface area contributed by atoms with Gasteiger partial charge in [-0.25, -0.2) is 4.79 Å². The van der Waals surface area contributed by atoms with E-state index < -0.39 is 35.0 Å². The lowest BCUT2D eigenvalue weighted by Gasteiger charge is -2.59. The highest BCUT2D eigenvalue weighted by atomic mass is 29.9. The Labute approximate surface area is 218 Å². The molecule has 1 aromatic rings. The van der Waals surface area contributed by atoms with Gasteiger partial charge in [-0.3, -0.25) is 4.84 Å². The van der Waals surface area contributed by atoms with Crippen molar-refractivity contribution in [1.29, 1.82) is 0 Å². The van der Waals surface area contributed by atoms with Crippen LogP contribution in [0, 0.1) is 5.92 Å². The maximum Gasteiger partial charge on any atom is 0.410 e. The van der Waals surface area contributed by atoms with E-state index in [-0.39, 0.29) is 12.1 Å². The lowest BCUT2D eigenvalue weighted by atomic mass is 10.1. The number of nitrogens with one attached hydrogen (secondary N) is 1. The summed E-state index contributed by atoms with van der Waals surface area (Å²) in [7, 11) is -4.25. The SMILES string of the molecule is CC(C)(C)OC(=O)N1CC(C[Si]([Si](C)(C)C)([Si](C)(C)C)[Si](C)(C)C)C(NOCc2ccccc2)C1. The van der Waals surface area contributed by atoms with Gasteiger partial charge in [0.15, 0.2) is 0 Å². The van der Waals surface area contributed by atoms with Gasteiger partial charge in [-0.05, 0) is 32.3 Å². The van der Waals surface area contributed by atoms with Crippen molar-refractivity contribution in [2.24, 2.45) is 5.92 Å². The number of amides is 1. The van der Waals surface area contributed by atoms with Crippen LogP contribution < -0.4 is 5.48 Å². The Hall–Kier alpha value is -0.722. The fraction of sp³-hybridized carbons (Fsp3) is 0.731. The molecule has 1 amide bonds. The van der Waals surface area contributed by atoms with Gasteiger partial charge in [-0.15, -0.1) is 0 Å². The first-order chi connectivity index (χ1) is 15.8. The fourth-order valence-corrected chi connectivity index (χ4v) is 106. The molecule has 2 atom stereocenters. The summed E-state index contributed by atoms with van der Waals surface area (Å²) < 4.78 is 5.78. The molecule has 1 aliphatic rings. The van der Waals surface area contributed by atoms with Crippen LogP contribution in [-0.4, -0.2) is 65.1 Å². The van der Waals surface area contributed by atoms with E-state index in [9.17, 15) is 4.79 Å². The molecular weight excluding hydrogens is 501 g/mol. The zero-order chi connectivity index (χ0) is 26.9. The number of ether oxygens (including phenoxy) is 1. The molecule has 1 fully saturated rings. The van der Waals surface area contributed by atoms with Gasteiger partial charge in [0, 0.05) is 42.5 Å². The van der Waals surface area contributed by atoms with Gasteiger partial charge in [0.25, 0.3) is 0 Å². The highest BCUT2D eigenvalue weighted by molar-refractivity contribution is 7.89. The molecule has 0 aliphatic carbocycles.